The number of anilines is 1. The maximum absolute atomic E-state index is 12.6. The van der Waals surface area contributed by atoms with Crippen LogP contribution in [0.2, 0.25) is 0 Å². The van der Waals surface area contributed by atoms with E-state index in [-0.39, 0.29) is 5.91 Å². The predicted octanol–water partition coefficient (Wildman–Crippen LogP) is 6.20. The first-order valence-electron chi connectivity index (χ1n) is 8.30. The number of aromatic nitrogens is 2. The largest absolute Gasteiger partial charge is 0.297 e. The van der Waals surface area contributed by atoms with E-state index in [4.69, 9.17) is 0 Å². The fourth-order valence-electron chi connectivity index (χ4n) is 2.80. The van der Waals surface area contributed by atoms with E-state index in [1.54, 1.807) is 11.3 Å². The Labute approximate surface area is 167 Å². The van der Waals surface area contributed by atoms with Gasteiger partial charge < -0.3 is 0 Å². The summed E-state index contributed by atoms with van der Waals surface area (Å²) in [6.45, 7) is 2.05. The minimum absolute atomic E-state index is 0.136. The Morgan fingerprint density at radius 1 is 0.889 bits per heavy atom. The molecule has 0 spiro atoms. The molecule has 0 aliphatic carbocycles. The Morgan fingerprint density at radius 3 is 2.63 bits per heavy atom. The van der Waals surface area contributed by atoms with Crippen LogP contribution in [0, 0.1) is 6.92 Å². The van der Waals surface area contributed by atoms with Crippen LogP contribution in [0.3, 0.4) is 0 Å². The van der Waals surface area contributed by atoms with E-state index in [1.807, 2.05) is 49.4 Å². The SMILES string of the molecule is Cc1ccc2nc(NC(=O)c3ccc(-c4nc5ccccc5s4)s3)sc2c1. The summed E-state index contributed by atoms with van der Waals surface area (Å²) in [6.07, 6.45) is 0. The maximum Gasteiger partial charge on any atom is 0.267 e. The normalized spacial score (nSPS) is 11.3. The van der Waals surface area contributed by atoms with Crippen LogP contribution in [0.1, 0.15) is 15.2 Å². The van der Waals surface area contributed by atoms with Gasteiger partial charge in [-0.25, -0.2) is 9.97 Å². The molecule has 0 saturated carbocycles. The zero-order valence-electron chi connectivity index (χ0n) is 14.2. The number of nitrogens with one attached hydrogen (secondary N) is 1. The molecule has 4 nitrogen and oxygen atoms in total. The maximum atomic E-state index is 12.6. The molecule has 0 fully saturated rings. The van der Waals surface area contributed by atoms with E-state index in [2.05, 4.69) is 27.4 Å². The summed E-state index contributed by atoms with van der Waals surface area (Å²) in [4.78, 5) is 23.4. The molecule has 1 N–H and O–H groups in total. The van der Waals surface area contributed by atoms with Gasteiger partial charge in [-0.1, -0.05) is 29.5 Å². The van der Waals surface area contributed by atoms with Crippen LogP contribution < -0.4 is 5.32 Å². The standard InChI is InChI=1S/C20H13N3OS3/c1-11-6-7-13-17(10-11)27-20(22-13)23-18(24)15-8-9-16(25-15)19-21-12-4-2-3-5-14(12)26-19/h2-10H,1H3,(H,22,23,24). The van der Waals surface area contributed by atoms with E-state index < -0.39 is 0 Å². The number of hydrogen-bond acceptors (Lipinski definition) is 6. The first kappa shape index (κ1) is 16.6. The van der Waals surface area contributed by atoms with Crippen LogP contribution in [0.5, 0.6) is 0 Å². The smallest absolute Gasteiger partial charge is 0.267 e. The highest BCUT2D eigenvalue weighted by atomic mass is 32.1. The second kappa shape index (κ2) is 6.53. The first-order chi connectivity index (χ1) is 13.2. The molecule has 3 aromatic heterocycles. The summed E-state index contributed by atoms with van der Waals surface area (Å²) in [6, 6.07) is 18.0. The van der Waals surface area contributed by atoms with Gasteiger partial charge in [-0.15, -0.1) is 22.7 Å². The fourth-order valence-corrected chi connectivity index (χ4v) is 5.68. The van der Waals surface area contributed by atoms with Crippen molar-refractivity contribution < 1.29 is 4.79 Å². The second-order valence-electron chi connectivity index (χ2n) is 6.09. The molecule has 0 atom stereocenters. The molecule has 1 amide bonds. The van der Waals surface area contributed by atoms with Crippen molar-refractivity contribution in [3.8, 4) is 9.88 Å². The molecule has 0 aliphatic heterocycles. The Bertz CT molecular complexity index is 1270. The molecule has 27 heavy (non-hydrogen) atoms. The second-order valence-corrected chi connectivity index (χ2v) is 9.24. The molecular formula is C20H13N3OS3. The molecule has 2 aromatic carbocycles. The lowest BCUT2D eigenvalue weighted by molar-refractivity contribution is 0.103. The summed E-state index contributed by atoms with van der Waals surface area (Å²) >= 11 is 4.58. The molecule has 0 bridgehead atoms. The highest BCUT2D eigenvalue weighted by Crippen LogP contribution is 2.35. The number of carbonyl (C=O) groups excluding carboxylic acids is 1. The van der Waals surface area contributed by atoms with Gasteiger partial charge in [0.25, 0.3) is 5.91 Å². The van der Waals surface area contributed by atoms with Crippen molar-refractivity contribution in [2.24, 2.45) is 0 Å². The van der Waals surface area contributed by atoms with Crippen molar-refractivity contribution >= 4 is 65.5 Å². The van der Waals surface area contributed by atoms with Crippen molar-refractivity contribution in [2.75, 3.05) is 5.32 Å². The number of benzene rings is 2. The highest BCUT2D eigenvalue weighted by Gasteiger charge is 2.15. The number of aryl methyl sites for hydroxylation is 1. The first-order valence-corrected chi connectivity index (χ1v) is 10.7. The number of rotatable bonds is 3. The molecule has 0 aliphatic rings. The number of thiazole rings is 2. The van der Waals surface area contributed by atoms with Crippen molar-refractivity contribution in [3.05, 3.63) is 65.0 Å². The van der Waals surface area contributed by atoms with Gasteiger partial charge in [0, 0.05) is 0 Å². The molecule has 0 radical (unpaired) electrons. The number of fused-ring (bicyclic) bond motifs is 2. The van der Waals surface area contributed by atoms with Crippen LogP contribution in [0.25, 0.3) is 30.3 Å². The Hall–Kier alpha value is -2.61. The monoisotopic (exact) mass is 407 g/mol. The quantitative estimate of drug-likeness (QED) is 0.388. The van der Waals surface area contributed by atoms with Crippen molar-refractivity contribution in [1.29, 1.82) is 0 Å². The highest BCUT2D eigenvalue weighted by molar-refractivity contribution is 7.26. The third kappa shape index (κ3) is 3.14. The Kier molecular flexibility index (Phi) is 4.00. The average Bonchev–Trinajstić information content (AvgIpc) is 3.38. The Morgan fingerprint density at radius 2 is 1.74 bits per heavy atom. The summed E-state index contributed by atoms with van der Waals surface area (Å²) < 4.78 is 2.23. The number of nitrogens with zero attached hydrogens (tertiary/aromatic N) is 2. The third-order valence-corrected chi connectivity index (χ3v) is 7.32. The minimum Gasteiger partial charge on any atom is -0.297 e. The lowest BCUT2D eigenvalue weighted by Crippen LogP contribution is -2.09. The molecule has 7 heteroatoms. The van der Waals surface area contributed by atoms with Gasteiger partial charge >= 0.3 is 0 Å². The molecule has 3 heterocycles. The lowest BCUT2D eigenvalue weighted by Gasteiger charge is -1.97. The molecule has 5 rings (SSSR count). The minimum atomic E-state index is -0.136. The van der Waals surface area contributed by atoms with E-state index in [0.29, 0.717) is 10.0 Å². The van der Waals surface area contributed by atoms with Crippen molar-refractivity contribution in [1.82, 2.24) is 9.97 Å². The van der Waals surface area contributed by atoms with E-state index in [9.17, 15) is 4.79 Å². The van der Waals surface area contributed by atoms with Crippen LogP contribution >= 0.6 is 34.0 Å². The summed E-state index contributed by atoms with van der Waals surface area (Å²) in [5, 5.41) is 4.48. The van der Waals surface area contributed by atoms with Gasteiger partial charge in [0.15, 0.2) is 5.13 Å². The van der Waals surface area contributed by atoms with E-state index in [0.717, 1.165) is 30.3 Å². The fraction of sp³-hybridized carbons (Fsp3) is 0.0500. The number of hydrogen-bond donors (Lipinski definition) is 1. The molecule has 5 aromatic rings. The summed E-state index contributed by atoms with van der Waals surface area (Å²) in [7, 11) is 0. The van der Waals surface area contributed by atoms with Crippen LogP contribution in [-0.2, 0) is 0 Å². The topological polar surface area (TPSA) is 54.9 Å². The van der Waals surface area contributed by atoms with Gasteiger partial charge in [-0.05, 0) is 48.9 Å². The number of carbonyl (C=O) groups is 1. The summed E-state index contributed by atoms with van der Waals surface area (Å²) in [5.74, 6) is -0.136. The van der Waals surface area contributed by atoms with Gasteiger partial charge in [-0.2, -0.15) is 0 Å². The molecule has 0 unspecified atom stereocenters. The third-order valence-electron chi connectivity index (χ3n) is 4.10. The van der Waals surface area contributed by atoms with Gasteiger partial charge in [0.05, 0.1) is 30.2 Å². The zero-order valence-corrected chi connectivity index (χ0v) is 16.7. The zero-order chi connectivity index (χ0) is 18.4. The van der Waals surface area contributed by atoms with Gasteiger partial charge in [-0.3, -0.25) is 10.1 Å². The molecular weight excluding hydrogens is 394 g/mol. The number of thiophene rings is 1. The van der Waals surface area contributed by atoms with Gasteiger partial charge in [0.2, 0.25) is 0 Å². The van der Waals surface area contributed by atoms with E-state index in [1.165, 1.54) is 28.2 Å². The Balaban J connectivity index is 1.40. The molecule has 132 valence electrons. The van der Waals surface area contributed by atoms with Crippen LogP contribution in [0.15, 0.2) is 54.6 Å². The van der Waals surface area contributed by atoms with Gasteiger partial charge in [0.1, 0.15) is 5.01 Å². The lowest BCUT2D eigenvalue weighted by atomic mass is 10.2. The molecule has 0 saturated heterocycles. The summed E-state index contributed by atoms with van der Waals surface area (Å²) in [5.41, 5.74) is 3.08. The number of para-hydroxylation sites is 1. The average molecular weight is 408 g/mol. The number of amides is 1. The van der Waals surface area contributed by atoms with Crippen LogP contribution in [-0.4, -0.2) is 15.9 Å². The van der Waals surface area contributed by atoms with Crippen molar-refractivity contribution in [2.45, 2.75) is 6.92 Å². The predicted molar refractivity (Wildman–Crippen MR) is 115 cm³/mol. The van der Waals surface area contributed by atoms with Crippen LogP contribution in [0.4, 0.5) is 5.13 Å². The van der Waals surface area contributed by atoms with E-state index >= 15 is 0 Å². The van der Waals surface area contributed by atoms with Crippen molar-refractivity contribution in [3.63, 3.8) is 0 Å².